The van der Waals surface area contributed by atoms with Crippen molar-refractivity contribution in [1.82, 2.24) is 15.3 Å². The molecule has 3 atom stereocenters. The predicted molar refractivity (Wildman–Crippen MR) is 131 cm³/mol. The highest BCUT2D eigenvalue weighted by atomic mass is 35.5. The fourth-order valence-electron chi connectivity index (χ4n) is 5.44. The van der Waals surface area contributed by atoms with E-state index in [1.165, 1.54) is 7.11 Å². The van der Waals surface area contributed by atoms with Crippen molar-refractivity contribution in [3.63, 3.8) is 0 Å². The number of H-pyrrole nitrogens is 1. The maximum absolute atomic E-state index is 12.8. The Morgan fingerprint density at radius 2 is 1.85 bits per heavy atom. The van der Waals surface area contributed by atoms with Crippen LogP contribution in [0.1, 0.15) is 46.1 Å². The van der Waals surface area contributed by atoms with E-state index in [1.54, 1.807) is 18.5 Å². The number of ether oxygens (including phenoxy) is 1. The maximum atomic E-state index is 12.8. The molecule has 1 amide bonds. The lowest BCUT2D eigenvalue weighted by Crippen LogP contribution is -2.32. The van der Waals surface area contributed by atoms with Gasteiger partial charge in [0.05, 0.1) is 24.7 Å². The minimum atomic E-state index is -0.386. The SMILES string of the molecule is COC(=O)c1ccc(-c2cc(Cl)c(C(C3CCc4nc[nH]c4C3)C3CCNC3=O)c(Cl)c2)cc1. The molecule has 5 rings (SSSR count). The van der Waals surface area contributed by atoms with Gasteiger partial charge in [-0.2, -0.15) is 0 Å². The predicted octanol–water partition coefficient (Wildman–Crippen LogP) is 5.19. The van der Waals surface area contributed by atoms with Gasteiger partial charge >= 0.3 is 5.97 Å². The first kappa shape index (κ1) is 22.9. The van der Waals surface area contributed by atoms with E-state index in [4.69, 9.17) is 27.9 Å². The summed E-state index contributed by atoms with van der Waals surface area (Å²) >= 11 is 13.8. The largest absolute Gasteiger partial charge is 0.465 e. The van der Waals surface area contributed by atoms with Crippen LogP contribution in [0.3, 0.4) is 0 Å². The lowest BCUT2D eigenvalue weighted by atomic mass is 9.70. The molecule has 1 aromatic heterocycles. The van der Waals surface area contributed by atoms with E-state index in [0.29, 0.717) is 22.2 Å². The normalized spacial score (nSPS) is 20.5. The molecule has 0 spiro atoms. The standard InChI is InChI=1S/C26H25Cl2N3O3/c1-34-26(33)15-4-2-14(3-5-15)17-10-19(27)24(20(28)11-17)23(18-8-9-29-25(18)32)16-6-7-21-22(12-16)31-13-30-21/h2-5,10-11,13,16,18,23H,6-9,12H2,1H3,(H,29,32)(H,30,31). The third-order valence-electron chi connectivity index (χ3n) is 7.11. The number of halogens is 2. The minimum Gasteiger partial charge on any atom is -0.465 e. The Kier molecular flexibility index (Phi) is 6.36. The van der Waals surface area contributed by atoms with Crippen molar-refractivity contribution in [2.75, 3.05) is 13.7 Å². The first-order chi connectivity index (χ1) is 16.5. The van der Waals surface area contributed by atoms with Gasteiger partial charge in [-0.15, -0.1) is 0 Å². The summed E-state index contributed by atoms with van der Waals surface area (Å²) in [7, 11) is 1.36. The number of imidazole rings is 1. The average molecular weight is 498 g/mol. The average Bonchev–Trinajstić information content (AvgIpc) is 3.49. The molecule has 176 valence electrons. The van der Waals surface area contributed by atoms with Crippen LogP contribution in [0.4, 0.5) is 0 Å². The smallest absolute Gasteiger partial charge is 0.337 e. The Labute approximate surface area is 208 Å². The number of carbonyl (C=O) groups is 2. The lowest BCUT2D eigenvalue weighted by Gasteiger charge is -2.34. The van der Waals surface area contributed by atoms with E-state index in [2.05, 4.69) is 15.3 Å². The van der Waals surface area contributed by atoms with Crippen LogP contribution in [0.2, 0.25) is 10.0 Å². The number of aryl methyl sites for hydroxylation is 1. The van der Waals surface area contributed by atoms with Gasteiger partial charge in [-0.05, 0) is 72.6 Å². The van der Waals surface area contributed by atoms with Crippen molar-refractivity contribution in [2.24, 2.45) is 11.8 Å². The highest BCUT2D eigenvalue weighted by molar-refractivity contribution is 6.36. The van der Waals surface area contributed by atoms with Gasteiger partial charge < -0.3 is 15.0 Å². The van der Waals surface area contributed by atoms with Crippen LogP contribution < -0.4 is 5.32 Å². The fourth-order valence-corrected chi connectivity index (χ4v) is 6.18. The van der Waals surface area contributed by atoms with Crippen LogP contribution in [0.15, 0.2) is 42.7 Å². The van der Waals surface area contributed by atoms with Gasteiger partial charge in [0, 0.05) is 34.1 Å². The number of aromatic nitrogens is 2. The lowest BCUT2D eigenvalue weighted by molar-refractivity contribution is -0.123. The van der Waals surface area contributed by atoms with Crippen molar-refractivity contribution in [1.29, 1.82) is 0 Å². The summed E-state index contributed by atoms with van der Waals surface area (Å²) < 4.78 is 4.77. The van der Waals surface area contributed by atoms with Gasteiger partial charge in [-0.3, -0.25) is 4.79 Å². The molecule has 6 nitrogen and oxygen atoms in total. The molecule has 2 aliphatic rings. The number of hydrogen-bond acceptors (Lipinski definition) is 4. The van der Waals surface area contributed by atoms with E-state index in [9.17, 15) is 9.59 Å². The Morgan fingerprint density at radius 1 is 1.12 bits per heavy atom. The topological polar surface area (TPSA) is 84.1 Å². The highest BCUT2D eigenvalue weighted by Crippen LogP contribution is 2.47. The molecule has 2 aromatic carbocycles. The molecule has 34 heavy (non-hydrogen) atoms. The second-order valence-corrected chi connectivity index (χ2v) is 9.78. The number of hydrogen-bond donors (Lipinski definition) is 2. The van der Waals surface area contributed by atoms with Gasteiger partial charge in [-0.25, -0.2) is 9.78 Å². The first-order valence-corrected chi connectivity index (χ1v) is 12.2. The molecule has 2 N–H and O–H groups in total. The van der Waals surface area contributed by atoms with Crippen LogP contribution in [0, 0.1) is 11.8 Å². The number of nitrogens with one attached hydrogen (secondary N) is 2. The number of aromatic amines is 1. The second kappa shape index (κ2) is 9.43. The third-order valence-corrected chi connectivity index (χ3v) is 7.74. The molecule has 0 bridgehead atoms. The first-order valence-electron chi connectivity index (χ1n) is 11.4. The number of amides is 1. The zero-order valence-electron chi connectivity index (χ0n) is 18.7. The summed E-state index contributed by atoms with van der Waals surface area (Å²) in [5, 5.41) is 4.10. The Morgan fingerprint density at radius 3 is 2.50 bits per heavy atom. The Balaban J connectivity index is 1.52. The van der Waals surface area contributed by atoms with Crippen molar-refractivity contribution in [3.8, 4) is 11.1 Å². The molecule has 0 saturated carbocycles. The van der Waals surface area contributed by atoms with E-state index in [-0.39, 0.29) is 29.6 Å². The van der Waals surface area contributed by atoms with Gasteiger partial charge in [0.1, 0.15) is 0 Å². The summed E-state index contributed by atoms with van der Waals surface area (Å²) in [4.78, 5) is 32.2. The molecule has 2 heterocycles. The fraction of sp³-hybridized carbons (Fsp3) is 0.346. The monoisotopic (exact) mass is 497 g/mol. The van der Waals surface area contributed by atoms with Crippen molar-refractivity contribution in [3.05, 3.63) is 75.3 Å². The summed E-state index contributed by atoms with van der Waals surface area (Å²) in [5.41, 5.74) is 5.29. The van der Waals surface area contributed by atoms with Crippen molar-refractivity contribution < 1.29 is 14.3 Å². The number of carbonyl (C=O) groups excluding carboxylic acids is 2. The number of rotatable bonds is 5. The van der Waals surface area contributed by atoms with Gasteiger partial charge in [0.2, 0.25) is 5.91 Å². The van der Waals surface area contributed by atoms with E-state index in [0.717, 1.165) is 53.8 Å². The molecular formula is C26H25Cl2N3O3. The van der Waals surface area contributed by atoms with E-state index < -0.39 is 0 Å². The molecule has 8 heteroatoms. The molecule has 3 unspecified atom stereocenters. The molecule has 0 radical (unpaired) electrons. The van der Waals surface area contributed by atoms with Gasteiger partial charge in [0.15, 0.2) is 0 Å². The summed E-state index contributed by atoms with van der Waals surface area (Å²) in [6, 6.07) is 10.9. The van der Waals surface area contributed by atoms with Crippen LogP contribution >= 0.6 is 23.2 Å². The second-order valence-electron chi connectivity index (χ2n) is 8.97. The molecule has 1 aliphatic heterocycles. The summed E-state index contributed by atoms with van der Waals surface area (Å²) in [6.45, 7) is 0.669. The summed E-state index contributed by atoms with van der Waals surface area (Å²) in [6.07, 6.45) is 5.11. The molecular weight excluding hydrogens is 473 g/mol. The zero-order chi connectivity index (χ0) is 23.8. The maximum Gasteiger partial charge on any atom is 0.337 e. The number of methoxy groups -OCH3 is 1. The van der Waals surface area contributed by atoms with Gasteiger partial charge in [0.25, 0.3) is 0 Å². The molecule has 3 aromatic rings. The number of nitrogens with zero attached hydrogens (tertiary/aromatic N) is 1. The third kappa shape index (κ3) is 4.21. The Hall–Kier alpha value is -2.83. The zero-order valence-corrected chi connectivity index (χ0v) is 20.2. The quantitative estimate of drug-likeness (QED) is 0.474. The van der Waals surface area contributed by atoms with Crippen molar-refractivity contribution in [2.45, 2.75) is 31.6 Å². The Bertz CT molecular complexity index is 1220. The van der Waals surface area contributed by atoms with Crippen molar-refractivity contribution >= 4 is 35.1 Å². The molecule has 1 aliphatic carbocycles. The van der Waals surface area contributed by atoms with Crippen LogP contribution in [0.25, 0.3) is 11.1 Å². The number of esters is 1. The number of fused-ring (bicyclic) bond motifs is 1. The van der Waals surface area contributed by atoms with Crippen LogP contribution in [-0.4, -0.2) is 35.5 Å². The number of benzene rings is 2. The molecule has 1 fully saturated rings. The van der Waals surface area contributed by atoms with Crippen LogP contribution in [0.5, 0.6) is 0 Å². The van der Waals surface area contributed by atoms with E-state index in [1.807, 2.05) is 24.3 Å². The van der Waals surface area contributed by atoms with Gasteiger partial charge in [-0.1, -0.05) is 35.3 Å². The molecule has 1 saturated heterocycles. The highest BCUT2D eigenvalue weighted by Gasteiger charge is 2.41. The minimum absolute atomic E-state index is 0.0648. The summed E-state index contributed by atoms with van der Waals surface area (Å²) in [5.74, 6) is -0.357. The van der Waals surface area contributed by atoms with Crippen LogP contribution in [-0.2, 0) is 22.4 Å². The van der Waals surface area contributed by atoms with E-state index >= 15 is 0 Å².